The van der Waals surface area contributed by atoms with Gasteiger partial charge in [0, 0.05) is 13.1 Å². The second-order valence-corrected chi connectivity index (χ2v) is 9.43. The SMILES string of the molecule is CC1CN(c2snc(N)c2S(=O)(=O)C2CC2)CC(C)(C)O1. The zero-order valence-electron chi connectivity index (χ0n) is 12.5. The highest BCUT2D eigenvalue weighted by Gasteiger charge is 2.43. The predicted octanol–water partition coefficient (Wildman–Crippen LogP) is 1.67. The first-order valence-corrected chi connectivity index (χ1v) is 9.44. The number of hydrogen-bond acceptors (Lipinski definition) is 7. The molecule has 0 amide bonds. The summed E-state index contributed by atoms with van der Waals surface area (Å²) in [5.41, 5.74) is 5.54. The summed E-state index contributed by atoms with van der Waals surface area (Å²) in [7, 11) is -3.35. The highest BCUT2D eigenvalue weighted by Crippen LogP contribution is 2.43. The van der Waals surface area contributed by atoms with Gasteiger partial charge >= 0.3 is 0 Å². The number of nitrogen functional groups attached to an aromatic ring is 1. The summed E-state index contributed by atoms with van der Waals surface area (Å²) in [5.74, 6) is 0.138. The number of ether oxygens (including phenoxy) is 1. The van der Waals surface area contributed by atoms with E-state index in [1.807, 2.05) is 20.8 Å². The molecule has 0 spiro atoms. The van der Waals surface area contributed by atoms with Crippen LogP contribution in [0.5, 0.6) is 0 Å². The van der Waals surface area contributed by atoms with Gasteiger partial charge in [0.1, 0.15) is 9.90 Å². The second kappa shape index (κ2) is 4.82. The Labute approximate surface area is 129 Å². The lowest BCUT2D eigenvalue weighted by Gasteiger charge is -2.42. The van der Waals surface area contributed by atoms with Crippen LogP contribution >= 0.6 is 11.5 Å². The van der Waals surface area contributed by atoms with Crippen molar-refractivity contribution in [3.63, 3.8) is 0 Å². The number of nitrogens with zero attached hydrogens (tertiary/aromatic N) is 2. The molecule has 0 radical (unpaired) electrons. The van der Waals surface area contributed by atoms with Gasteiger partial charge in [-0.1, -0.05) is 0 Å². The molecule has 1 atom stereocenters. The standard InChI is InChI=1S/C13H21N3O3S2/c1-8-6-16(7-13(2,3)19-8)12-10(11(14)15-20-12)21(17,18)9-4-5-9/h8-9H,4-7H2,1-3H3,(H2,14,15). The molecule has 8 heteroatoms. The molecule has 2 heterocycles. The summed E-state index contributed by atoms with van der Waals surface area (Å²) in [6, 6.07) is 0. The summed E-state index contributed by atoms with van der Waals surface area (Å²) in [4.78, 5) is 2.29. The summed E-state index contributed by atoms with van der Waals surface area (Å²) in [6.45, 7) is 7.29. The maximum Gasteiger partial charge on any atom is 0.187 e. The van der Waals surface area contributed by atoms with Crippen LogP contribution in [-0.2, 0) is 14.6 Å². The third-order valence-corrected chi connectivity index (χ3v) is 7.13. The molecule has 2 N–H and O–H groups in total. The van der Waals surface area contributed by atoms with Crippen molar-refractivity contribution in [2.75, 3.05) is 23.7 Å². The van der Waals surface area contributed by atoms with Gasteiger partial charge in [0.25, 0.3) is 0 Å². The Balaban J connectivity index is 2.00. The van der Waals surface area contributed by atoms with Gasteiger partial charge in [-0.2, -0.15) is 4.37 Å². The first-order chi connectivity index (χ1) is 9.71. The van der Waals surface area contributed by atoms with Crippen LogP contribution in [0.15, 0.2) is 4.90 Å². The van der Waals surface area contributed by atoms with Crippen molar-refractivity contribution in [2.45, 2.75) is 55.5 Å². The van der Waals surface area contributed by atoms with Crippen LogP contribution in [0.25, 0.3) is 0 Å². The topological polar surface area (TPSA) is 85.5 Å². The zero-order valence-corrected chi connectivity index (χ0v) is 14.1. The third kappa shape index (κ3) is 2.76. The molecule has 1 aromatic heterocycles. The number of hydrogen-bond donors (Lipinski definition) is 1. The van der Waals surface area contributed by atoms with Crippen molar-refractivity contribution in [3.8, 4) is 0 Å². The van der Waals surface area contributed by atoms with Crippen molar-refractivity contribution >= 4 is 32.2 Å². The number of aromatic nitrogens is 1. The van der Waals surface area contributed by atoms with E-state index in [1.54, 1.807) is 0 Å². The summed E-state index contributed by atoms with van der Waals surface area (Å²) >= 11 is 1.17. The van der Waals surface area contributed by atoms with Gasteiger partial charge in [-0.15, -0.1) is 0 Å². The van der Waals surface area contributed by atoms with Gasteiger partial charge in [0.15, 0.2) is 15.7 Å². The fourth-order valence-electron chi connectivity index (χ4n) is 2.91. The van der Waals surface area contributed by atoms with Crippen LogP contribution < -0.4 is 10.6 Å². The van der Waals surface area contributed by atoms with Crippen molar-refractivity contribution in [1.29, 1.82) is 0 Å². The van der Waals surface area contributed by atoms with Gasteiger partial charge < -0.3 is 15.4 Å². The van der Waals surface area contributed by atoms with Crippen molar-refractivity contribution in [3.05, 3.63) is 0 Å². The van der Waals surface area contributed by atoms with E-state index in [2.05, 4.69) is 9.27 Å². The summed E-state index contributed by atoms with van der Waals surface area (Å²) < 4.78 is 35.2. The maximum atomic E-state index is 12.6. The Hall–Kier alpha value is -0.860. The molecule has 1 saturated heterocycles. The van der Waals surface area contributed by atoms with Crippen LogP contribution in [0.4, 0.5) is 10.8 Å². The molecule has 3 rings (SSSR count). The Morgan fingerprint density at radius 3 is 2.67 bits per heavy atom. The monoisotopic (exact) mass is 331 g/mol. The molecule has 2 aliphatic rings. The quantitative estimate of drug-likeness (QED) is 0.907. The Kier molecular flexibility index (Phi) is 3.46. The van der Waals surface area contributed by atoms with E-state index >= 15 is 0 Å². The van der Waals surface area contributed by atoms with E-state index in [9.17, 15) is 8.42 Å². The number of nitrogens with two attached hydrogens (primary N) is 1. The molecule has 1 saturated carbocycles. The minimum Gasteiger partial charge on any atom is -0.382 e. The molecule has 1 aromatic rings. The maximum absolute atomic E-state index is 12.6. The number of rotatable bonds is 3. The molecular weight excluding hydrogens is 310 g/mol. The lowest BCUT2D eigenvalue weighted by atomic mass is 10.1. The molecular formula is C13H21N3O3S2. The Bertz CT molecular complexity index is 650. The molecule has 6 nitrogen and oxygen atoms in total. The van der Waals surface area contributed by atoms with Crippen LogP contribution in [-0.4, -0.2) is 42.8 Å². The average molecular weight is 331 g/mol. The highest BCUT2D eigenvalue weighted by molar-refractivity contribution is 7.92. The largest absolute Gasteiger partial charge is 0.382 e. The first-order valence-electron chi connectivity index (χ1n) is 7.12. The van der Waals surface area contributed by atoms with Crippen molar-refractivity contribution in [2.24, 2.45) is 0 Å². The smallest absolute Gasteiger partial charge is 0.187 e. The van der Waals surface area contributed by atoms with E-state index in [-0.39, 0.29) is 27.7 Å². The summed E-state index contributed by atoms with van der Waals surface area (Å²) in [6.07, 6.45) is 1.48. The van der Waals surface area contributed by atoms with Crippen LogP contribution in [0, 0.1) is 0 Å². The van der Waals surface area contributed by atoms with E-state index in [1.165, 1.54) is 11.5 Å². The van der Waals surface area contributed by atoms with E-state index < -0.39 is 9.84 Å². The Morgan fingerprint density at radius 2 is 2.10 bits per heavy atom. The molecule has 1 aliphatic heterocycles. The first kappa shape index (κ1) is 15.1. The predicted molar refractivity (Wildman–Crippen MR) is 83.6 cm³/mol. The van der Waals surface area contributed by atoms with E-state index in [0.29, 0.717) is 18.1 Å². The van der Waals surface area contributed by atoms with Gasteiger partial charge in [-0.05, 0) is 45.1 Å². The molecule has 1 unspecified atom stereocenters. The highest BCUT2D eigenvalue weighted by atomic mass is 32.2. The molecule has 0 aromatic carbocycles. The molecule has 1 aliphatic carbocycles. The van der Waals surface area contributed by atoms with Crippen molar-refractivity contribution in [1.82, 2.24) is 4.37 Å². The Morgan fingerprint density at radius 1 is 1.43 bits per heavy atom. The third-order valence-electron chi connectivity index (χ3n) is 3.76. The van der Waals surface area contributed by atoms with Gasteiger partial charge in [0.05, 0.1) is 17.0 Å². The minimum atomic E-state index is -3.35. The van der Waals surface area contributed by atoms with E-state index in [4.69, 9.17) is 10.5 Å². The molecule has 118 valence electrons. The summed E-state index contributed by atoms with van der Waals surface area (Å²) in [5, 5.41) is 0.393. The lowest BCUT2D eigenvalue weighted by Crippen LogP contribution is -2.52. The molecule has 2 fully saturated rings. The van der Waals surface area contributed by atoms with Crippen molar-refractivity contribution < 1.29 is 13.2 Å². The van der Waals surface area contributed by atoms with E-state index in [0.717, 1.165) is 12.8 Å². The molecule has 21 heavy (non-hydrogen) atoms. The number of morpholine rings is 1. The lowest BCUT2D eigenvalue weighted by molar-refractivity contribution is -0.0749. The van der Waals surface area contributed by atoms with Gasteiger partial charge in [0.2, 0.25) is 0 Å². The molecule has 0 bridgehead atoms. The van der Waals surface area contributed by atoms with Crippen LogP contribution in [0.1, 0.15) is 33.6 Å². The van der Waals surface area contributed by atoms with Crippen LogP contribution in [0.2, 0.25) is 0 Å². The van der Waals surface area contributed by atoms with Gasteiger partial charge in [-0.25, -0.2) is 8.42 Å². The zero-order chi connectivity index (χ0) is 15.4. The van der Waals surface area contributed by atoms with Gasteiger partial charge in [-0.3, -0.25) is 0 Å². The fourth-order valence-corrected chi connectivity index (χ4v) is 5.94. The second-order valence-electron chi connectivity index (χ2n) is 6.52. The fraction of sp³-hybridized carbons (Fsp3) is 0.769. The van der Waals surface area contributed by atoms with Crippen LogP contribution in [0.3, 0.4) is 0 Å². The average Bonchev–Trinajstić information content (AvgIpc) is 3.10. The normalized spacial score (nSPS) is 26.0. The number of sulfone groups is 1. The number of anilines is 2. The minimum absolute atomic E-state index is 0.0357.